The minimum absolute atomic E-state index is 0.0507. The van der Waals surface area contributed by atoms with E-state index in [-0.39, 0.29) is 23.8 Å². The highest BCUT2D eigenvalue weighted by Gasteiger charge is 2.24. The molecular weight excluding hydrogens is 324 g/mol. The average molecular weight is 350 g/mol. The van der Waals surface area contributed by atoms with E-state index in [2.05, 4.69) is 29.6 Å². The van der Waals surface area contributed by atoms with Crippen molar-refractivity contribution in [3.63, 3.8) is 0 Å². The zero-order valence-corrected chi connectivity index (χ0v) is 15.2. The number of hydrogen-bond acceptors (Lipinski definition) is 2. The molecule has 0 aliphatic carbocycles. The highest BCUT2D eigenvalue weighted by Crippen LogP contribution is 2.28. The van der Waals surface area contributed by atoms with E-state index in [0.29, 0.717) is 6.42 Å². The summed E-state index contributed by atoms with van der Waals surface area (Å²) in [5, 5.41) is 3.17. The van der Waals surface area contributed by atoms with Crippen molar-refractivity contribution in [1.29, 1.82) is 0 Å². The van der Waals surface area contributed by atoms with Crippen molar-refractivity contribution in [1.82, 2.24) is 10.2 Å². The van der Waals surface area contributed by atoms with Crippen molar-refractivity contribution >= 4 is 11.8 Å². The first-order chi connectivity index (χ1) is 12.6. The Morgan fingerprint density at radius 2 is 1.46 bits per heavy atom. The van der Waals surface area contributed by atoms with Gasteiger partial charge in [-0.15, -0.1) is 0 Å². The van der Waals surface area contributed by atoms with Gasteiger partial charge in [0.1, 0.15) is 0 Å². The lowest BCUT2D eigenvalue weighted by Crippen LogP contribution is -2.46. The fourth-order valence-electron chi connectivity index (χ4n) is 3.61. The van der Waals surface area contributed by atoms with Gasteiger partial charge in [-0.05, 0) is 24.0 Å². The van der Waals surface area contributed by atoms with E-state index in [1.165, 1.54) is 0 Å². The smallest absolute Gasteiger partial charge is 0.221 e. The normalized spacial score (nSPS) is 15.1. The minimum Gasteiger partial charge on any atom is -0.353 e. The van der Waals surface area contributed by atoms with Gasteiger partial charge in [0.15, 0.2) is 0 Å². The van der Waals surface area contributed by atoms with E-state index in [9.17, 15) is 9.59 Å². The maximum atomic E-state index is 12.7. The Morgan fingerprint density at radius 1 is 0.962 bits per heavy atom. The van der Waals surface area contributed by atoms with Gasteiger partial charge in [0, 0.05) is 38.4 Å². The number of nitrogens with one attached hydrogen (secondary N) is 1. The number of hydrogen-bond donors (Lipinski definition) is 1. The van der Waals surface area contributed by atoms with Crippen LogP contribution in [-0.2, 0) is 9.59 Å². The Labute approximate surface area is 155 Å². The third-order valence-corrected chi connectivity index (χ3v) is 5.10. The predicted molar refractivity (Wildman–Crippen MR) is 103 cm³/mol. The number of benzene rings is 2. The second-order valence-electron chi connectivity index (χ2n) is 6.93. The standard InChI is InChI=1S/C22H26N2O2/c1-17(25)24-14-12-20(13-15-24)23-22(26)16-21(18-8-4-2-5-9-18)19-10-6-3-7-11-19/h2-11,20-21H,12-16H2,1H3,(H,23,26). The van der Waals surface area contributed by atoms with Crippen molar-refractivity contribution in [3.05, 3.63) is 71.8 Å². The number of rotatable bonds is 5. The Bertz CT molecular complexity index is 683. The molecule has 1 N–H and O–H groups in total. The second-order valence-corrected chi connectivity index (χ2v) is 6.93. The monoisotopic (exact) mass is 350 g/mol. The Morgan fingerprint density at radius 3 is 1.92 bits per heavy atom. The summed E-state index contributed by atoms with van der Waals surface area (Å²) >= 11 is 0. The van der Waals surface area contributed by atoms with E-state index < -0.39 is 0 Å². The number of carbonyl (C=O) groups excluding carboxylic acids is 2. The van der Waals surface area contributed by atoms with E-state index >= 15 is 0 Å². The van der Waals surface area contributed by atoms with E-state index in [1.54, 1.807) is 6.92 Å². The fraction of sp³-hybridized carbons (Fsp3) is 0.364. The SMILES string of the molecule is CC(=O)N1CCC(NC(=O)CC(c2ccccc2)c2ccccc2)CC1. The Kier molecular flexibility index (Phi) is 6.05. The van der Waals surface area contributed by atoms with Crippen LogP contribution in [0.1, 0.15) is 43.2 Å². The van der Waals surface area contributed by atoms with Gasteiger partial charge >= 0.3 is 0 Å². The number of amides is 2. The molecule has 0 aromatic heterocycles. The molecule has 0 bridgehead atoms. The van der Waals surface area contributed by atoms with Gasteiger partial charge in [-0.3, -0.25) is 9.59 Å². The average Bonchev–Trinajstić information content (AvgIpc) is 2.68. The number of nitrogens with zero attached hydrogens (tertiary/aromatic N) is 1. The van der Waals surface area contributed by atoms with Gasteiger partial charge in [0.05, 0.1) is 0 Å². The molecular formula is C22H26N2O2. The molecule has 136 valence electrons. The van der Waals surface area contributed by atoms with E-state index in [0.717, 1.165) is 37.1 Å². The zero-order valence-electron chi connectivity index (χ0n) is 15.2. The summed E-state index contributed by atoms with van der Waals surface area (Å²) < 4.78 is 0. The highest BCUT2D eigenvalue weighted by molar-refractivity contribution is 5.78. The summed E-state index contributed by atoms with van der Waals surface area (Å²) in [6, 6.07) is 20.5. The molecule has 0 radical (unpaired) electrons. The van der Waals surface area contributed by atoms with Gasteiger partial charge in [-0.2, -0.15) is 0 Å². The summed E-state index contributed by atoms with van der Waals surface area (Å²) in [5.41, 5.74) is 2.31. The lowest BCUT2D eigenvalue weighted by atomic mass is 9.88. The summed E-state index contributed by atoms with van der Waals surface area (Å²) in [7, 11) is 0. The quantitative estimate of drug-likeness (QED) is 0.899. The molecule has 1 aliphatic rings. The van der Waals surface area contributed by atoms with Crippen LogP contribution in [-0.4, -0.2) is 35.8 Å². The molecule has 2 aromatic rings. The largest absolute Gasteiger partial charge is 0.353 e. The van der Waals surface area contributed by atoms with Crippen molar-refractivity contribution < 1.29 is 9.59 Å². The highest BCUT2D eigenvalue weighted by atomic mass is 16.2. The maximum absolute atomic E-state index is 12.7. The molecule has 4 heteroatoms. The van der Waals surface area contributed by atoms with Crippen LogP contribution in [0.4, 0.5) is 0 Å². The Hall–Kier alpha value is -2.62. The van der Waals surface area contributed by atoms with Crippen LogP contribution in [0.2, 0.25) is 0 Å². The molecule has 2 aromatic carbocycles. The van der Waals surface area contributed by atoms with Crippen LogP contribution >= 0.6 is 0 Å². The van der Waals surface area contributed by atoms with E-state index in [1.807, 2.05) is 41.3 Å². The first kappa shape index (κ1) is 18.2. The summed E-state index contributed by atoms with van der Waals surface area (Å²) in [6.45, 7) is 3.05. The second kappa shape index (κ2) is 8.65. The van der Waals surface area contributed by atoms with Crippen molar-refractivity contribution in [2.45, 2.75) is 38.1 Å². The summed E-state index contributed by atoms with van der Waals surface area (Å²) in [6.07, 6.45) is 2.08. The topological polar surface area (TPSA) is 49.4 Å². The molecule has 1 saturated heterocycles. The molecule has 3 rings (SSSR count). The van der Waals surface area contributed by atoms with Crippen LogP contribution in [0, 0.1) is 0 Å². The zero-order chi connectivity index (χ0) is 18.4. The minimum atomic E-state index is 0.0507. The molecule has 1 aliphatic heterocycles. The van der Waals surface area contributed by atoms with Crippen molar-refractivity contribution in [2.24, 2.45) is 0 Å². The molecule has 1 fully saturated rings. The van der Waals surface area contributed by atoms with Crippen molar-refractivity contribution in [3.8, 4) is 0 Å². The Balaban J connectivity index is 1.64. The first-order valence-electron chi connectivity index (χ1n) is 9.28. The van der Waals surface area contributed by atoms with E-state index in [4.69, 9.17) is 0 Å². The third-order valence-electron chi connectivity index (χ3n) is 5.10. The molecule has 1 heterocycles. The summed E-state index contributed by atoms with van der Waals surface area (Å²) in [5.74, 6) is 0.238. The predicted octanol–water partition coefficient (Wildman–Crippen LogP) is 3.34. The van der Waals surface area contributed by atoms with Gasteiger partial charge < -0.3 is 10.2 Å². The van der Waals surface area contributed by atoms with Gasteiger partial charge in [0.2, 0.25) is 11.8 Å². The number of carbonyl (C=O) groups is 2. The molecule has 26 heavy (non-hydrogen) atoms. The molecule has 4 nitrogen and oxygen atoms in total. The number of piperidine rings is 1. The van der Waals surface area contributed by atoms with Crippen LogP contribution in [0.3, 0.4) is 0 Å². The molecule has 0 atom stereocenters. The van der Waals surface area contributed by atoms with Crippen LogP contribution in [0.25, 0.3) is 0 Å². The van der Waals surface area contributed by atoms with Crippen molar-refractivity contribution in [2.75, 3.05) is 13.1 Å². The molecule has 0 unspecified atom stereocenters. The lowest BCUT2D eigenvalue weighted by molar-refractivity contribution is -0.130. The van der Waals surface area contributed by atoms with Gasteiger partial charge in [-0.25, -0.2) is 0 Å². The first-order valence-corrected chi connectivity index (χ1v) is 9.28. The van der Waals surface area contributed by atoms with Crippen LogP contribution in [0.15, 0.2) is 60.7 Å². The van der Waals surface area contributed by atoms with Gasteiger partial charge in [-0.1, -0.05) is 60.7 Å². The molecule has 0 spiro atoms. The maximum Gasteiger partial charge on any atom is 0.221 e. The van der Waals surface area contributed by atoms with Crippen LogP contribution in [0.5, 0.6) is 0 Å². The summed E-state index contributed by atoms with van der Waals surface area (Å²) in [4.78, 5) is 26.0. The number of likely N-dealkylation sites (tertiary alicyclic amines) is 1. The fourth-order valence-corrected chi connectivity index (χ4v) is 3.61. The van der Waals surface area contributed by atoms with Gasteiger partial charge in [0.25, 0.3) is 0 Å². The molecule has 0 saturated carbocycles. The lowest BCUT2D eigenvalue weighted by Gasteiger charge is -2.32. The van der Waals surface area contributed by atoms with Crippen LogP contribution < -0.4 is 5.32 Å². The third kappa shape index (κ3) is 4.72. The molecule has 2 amide bonds.